The van der Waals surface area contributed by atoms with Crippen LogP contribution >= 0.6 is 0 Å². The zero-order valence-corrected chi connectivity index (χ0v) is 13.1. The fraction of sp³-hybridized carbons (Fsp3) is 0. The average molecular weight is 278 g/mol. The van der Waals surface area contributed by atoms with E-state index in [1.165, 1.54) is 0 Å². The van der Waals surface area contributed by atoms with E-state index in [4.69, 9.17) is 0 Å². The zero-order valence-electron chi connectivity index (χ0n) is 6.86. The van der Waals surface area contributed by atoms with E-state index in [9.17, 15) is 5.11 Å². The monoisotopic (exact) mass is 278 g/mol. The second-order valence-corrected chi connectivity index (χ2v) is 2.35. The summed E-state index contributed by atoms with van der Waals surface area (Å²) in [5.74, 6) is 0.239. The molecule has 2 rings (SSSR count). The zero-order chi connectivity index (χ0) is 7.68. The Hall–Kier alpha value is 0.482. The SMILES string of the molecule is Oc1cccc2cccnc12.[Cs]. The van der Waals surface area contributed by atoms with E-state index in [-0.39, 0.29) is 74.6 Å². The third-order valence-electron chi connectivity index (χ3n) is 1.61. The predicted molar refractivity (Wildman–Crippen MR) is 49.2 cm³/mol. The van der Waals surface area contributed by atoms with Crippen molar-refractivity contribution >= 4 is 79.8 Å². The largest absolute Gasteiger partial charge is 0.506 e. The number of nitrogens with zero attached hydrogens (tertiary/aromatic N) is 1. The van der Waals surface area contributed by atoms with E-state index in [0.717, 1.165) is 5.39 Å². The van der Waals surface area contributed by atoms with Crippen LogP contribution in [0.15, 0.2) is 36.5 Å². The third kappa shape index (κ3) is 2.04. The van der Waals surface area contributed by atoms with Gasteiger partial charge in [0.2, 0.25) is 0 Å². The minimum Gasteiger partial charge on any atom is -0.506 e. The molecule has 0 amide bonds. The maximum Gasteiger partial charge on any atom is 0.141 e. The maximum atomic E-state index is 9.31. The number of hydrogen-bond donors (Lipinski definition) is 1. The average Bonchev–Trinajstić information content (AvgIpc) is 2.06. The Balaban J connectivity index is 0.000000720. The first-order valence-electron chi connectivity index (χ1n) is 3.40. The fourth-order valence-electron chi connectivity index (χ4n) is 1.09. The molecule has 2 nitrogen and oxygen atoms in total. The number of hydrogen-bond acceptors (Lipinski definition) is 2. The topological polar surface area (TPSA) is 33.1 Å². The van der Waals surface area contributed by atoms with Crippen LogP contribution in [0.5, 0.6) is 5.75 Å². The molecule has 0 fully saturated rings. The Labute approximate surface area is 129 Å². The third-order valence-corrected chi connectivity index (χ3v) is 1.61. The van der Waals surface area contributed by atoms with Crippen molar-refractivity contribution in [3.8, 4) is 5.75 Å². The van der Waals surface area contributed by atoms with Crippen molar-refractivity contribution in [2.75, 3.05) is 0 Å². The summed E-state index contributed by atoms with van der Waals surface area (Å²) in [7, 11) is 0. The molecule has 0 spiro atoms. The van der Waals surface area contributed by atoms with Gasteiger partial charge < -0.3 is 5.11 Å². The fourth-order valence-corrected chi connectivity index (χ4v) is 1.09. The van der Waals surface area contributed by atoms with Crippen LogP contribution < -0.4 is 0 Å². The second kappa shape index (κ2) is 4.64. The quantitative estimate of drug-likeness (QED) is 0.793. The van der Waals surface area contributed by atoms with E-state index in [1.807, 2.05) is 18.2 Å². The Morgan fingerprint density at radius 1 is 1.08 bits per heavy atom. The van der Waals surface area contributed by atoms with Crippen molar-refractivity contribution in [2.24, 2.45) is 0 Å². The predicted octanol–water partition coefficient (Wildman–Crippen LogP) is 1.56. The van der Waals surface area contributed by atoms with Gasteiger partial charge in [0.1, 0.15) is 11.3 Å². The Bertz CT molecular complexity index is 384. The molecule has 0 atom stereocenters. The molecule has 0 saturated heterocycles. The number of fused-ring (bicyclic) bond motifs is 1. The number of pyridine rings is 1. The van der Waals surface area contributed by atoms with Crippen LogP contribution in [0.4, 0.5) is 0 Å². The van der Waals surface area contributed by atoms with Gasteiger partial charge in [-0.2, -0.15) is 0 Å². The van der Waals surface area contributed by atoms with Gasteiger partial charge in [-0.05, 0) is 12.1 Å². The molecule has 2 aromatic rings. The number of phenolic OH excluding ortho intramolecular Hbond substituents is 1. The van der Waals surface area contributed by atoms with Crippen molar-refractivity contribution in [1.29, 1.82) is 0 Å². The van der Waals surface area contributed by atoms with Crippen molar-refractivity contribution in [2.45, 2.75) is 0 Å². The van der Waals surface area contributed by atoms with Crippen molar-refractivity contribution in [1.82, 2.24) is 4.98 Å². The molecular weight excluding hydrogens is 271 g/mol. The van der Waals surface area contributed by atoms with Crippen molar-refractivity contribution in [3.05, 3.63) is 36.5 Å². The first-order valence-corrected chi connectivity index (χ1v) is 3.40. The first-order chi connectivity index (χ1) is 5.38. The number of para-hydroxylation sites is 1. The van der Waals surface area contributed by atoms with Crippen molar-refractivity contribution < 1.29 is 5.11 Å². The molecule has 1 radical (unpaired) electrons. The van der Waals surface area contributed by atoms with E-state index >= 15 is 0 Å². The molecule has 0 aliphatic carbocycles. The van der Waals surface area contributed by atoms with Crippen LogP contribution in [0.3, 0.4) is 0 Å². The van der Waals surface area contributed by atoms with Gasteiger partial charge in [-0.3, -0.25) is 4.98 Å². The summed E-state index contributed by atoms with van der Waals surface area (Å²) >= 11 is 0. The van der Waals surface area contributed by atoms with Crippen LogP contribution in [0.25, 0.3) is 10.9 Å². The molecule has 55 valence electrons. The van der Waals surface area contributed by atoms with Gasteiger partial charge >= 0.3 is 0 Å². The van der Waals surface area contributed by atoms with Gasteiger partial charge in [-0.15, -0.1) is 0 Å². The number of aromatic nitrogens is 1. The van der Waals surface area contributed by atoms with Crippen LogP contribution in [-0.2, 0) is 0 Å². The molecule has 1 aromatic heterocycles. The molecule has 1 heterocycles. The first kappa shape index (κ1) is 10.6. The van der Waals surface area contributed by atoms with Crippen LogP contribution in [-0.4, -0.2) is 79.0 Å². The normalized spacial score (nSPS) is 9.33. The molecule has 12 heavy (non-hydrogen) atoms. The Morgan fingerprint density at radius 3 is 2.58 bits per heavy atom. The molecule has 0 aliphatic rings. The molecule has 0 aliphatic heterocycles. The van der Waals surface area contributed by atoms with Gasteiger partial charge in [-0.25, -0.2) is 0 Å². The van der Waals surface area contributed by atoms with Gasteiger partial charge in [0, 0.05) is 80.5 Å². The molecule has 0 saturated carbocycles. The number of benzene rings is 1. The summed E-state index contributed by atoms with van der Waals surface area (Å²) in [6, 6.07) is 9.13. The standard InChI is InChI=1S/C9H7NO.Cs/c11-8-5-1-3-7-4-2-6-10-9(7)8;/h1-6,11H;. The second-order valence-electron chi connectivity index (χ2n) is 2.35. The summed E-state index contributed by atoms with van der Waals surface area (Å²) in [6.45, 7) is 0. The maximum absolute atomic E-state index is 9.31. The minimum absolute atomic E-state index is 0. The minimum atomic E-state index is 0. The van der Waals surface area contributed by atoms with E-state index < -0.39 is 0 Å². The molecule has 0 bridgehead atoms. The summed E-state index contributed by atoms with van der Waals surface area (Å²) < 4.78 is 0. The number of rotatable bonds is 0. The Kier molecular flexibility index (Phi) is 4.09. The Morgan fingerprint density at radius 2 is 1.83 bits per heavy atom. The van der Waals surface area contributed by atoms with E-state index in [2.05, 4.69) is 4.98 Å². The summed E-state index contributed by atoms with van der Waals surface area (Å²) in [6.07, 6.45) is 1.67. The number of aromatic hydroxyl groups is 1. The smallest absolute Gasteiger partial charge is 0.141 e. The van der Waals surface area contributed by atoms with Gasteiger partial charge in [0.25, 0.3) is 0 Å². The van der Waals surface area contributed by atoms with Gasteiger partial charge in [0.15, 0.2) is 0 Å². The summed E-state index contributed by atoms with van der Waals surface area (Å²) in [5, 5.41) is 10.3. The van der Waals surface area contributed by atoms with Crippen LogP contribution in [0, 0.1) is 0 Å². The number of phenols is 1. The summed E-state index contributed by atoms with van der Waals surface area (Å²) in [4.78, 5) is 4.03. The summed E-state index contributed by atoms with van der Waals surface area (Å²) in [5.41, 5.74) is 0.662. The van der Waals surface area contributed by atoms with Gasteiger partial charge in [0.05, 0.1) is 0 Å². The van der Waals surface area contributed by atoms with E-state index in [0.29, 0.717) is 5.52 Å². The molecular formula is C9H7CsNO. The molecule has 0 unspecified atom stereocenters. The molecule has 1 aromatic carbocycles. The van der Waals surface area contributed by atoms with Crippen LogP contribution in [0.2, 0.25) is 0 Å². The van der Waals surface area contributed by atoms with E-state index in [1.54, 1.807) is 18.3 Å². The van der Waals surface area contributed by atoms with Gasteiger partial charge in [-0.1, -0.05) is 18.2 Å². The molecule has 3 heteroatoms. The van der Waals surface area contributed by atoms with Crippen LogP contribution in [0.1, 0.15) is 0 Å². The molecule has 1 N–H and O–H groups in total. The van der Waals surface area contributed by atoms with Crippen molar-refractivity contribution in [3.63, 3.8) is 0 Å².